The molecule has 0 spiro atoms. The Labute approximate surface area is 145 Å². The van der Waals surface area contributed by atoms with Gasteiger partial charge in [0.1, 0.15) is 5.69 Å². The van der Waals surface area contributed by atoms with E-state index in [0.29, 0.717) is 44.2 Å². The van der Waals surface area contributed by atoms with Crippen molar-refractivity contribution in [2.75, 3.05) is 26.2 Å². The van der Waals surface area contributed by atoms with Crippen LogP contribution in [0, 0.1) is 12.8 Å². The number of aryl methyl sites for hydroxylation is 1. The molecule has 0 atom stereocenters. The molecule has 0 N–H and O–H groups in total. The fraction of sp³-hybridized carbons (Fsp3) is 0.667. The highest BCUT2D eigenvalue weighted by Crippen LogP contribution is 2.08. The van der Waals surface area contributed by atoms with E-state index >= 15 is 0 Å². The van der Waals surface area contributed by atoms with Crippen molar-refractivity contribution < 1.29 is 9.59 Å². The minimum atomic E-state index is -0.157. The van der Waals surface area contributed by atoms with Gasteiger partial charge in [-0.3, -0.25) is 14.6 Å². The third kappa shape index (κ3) is 6.26. The van der Waals surface area contributed by atoms with Crippen LogP contribution in [0.2, 0.25) is 0 Å². The molecule has 0 saturated carbocycles. The van der Waals surface area contributed by atoms with Gasteiger partial charge < -0.3 is 9.80 Å². The molecule has 0 radical (unpaired) electrons. The van der Waals surface area contributed by atoms with E-state index in [1.165, 1.54) is 6.20 Å². The normalized spacial score (nSPS) is 10.8. The van der Waals surface area contributed by atoms with Crippen molar-refractivity contribution in [3.8, 4) is 0 Å². The van der Waals surface area contributed by atoms with E-state index < -0.39 is 0 Å². The van der Waals surface area contributed by atoms with E-state index in [0.717, 1.165) is 12.1 Å². The maximum Gasteiger partial charge on any atom is 0.274 e. The Morgan fingerprint density at radius 3 is 2.21 bits per heavy atom. The van der Waals surface area contributed by atoms with E-state index in [1.54, 1.807) is 16.0 Å². The molecule has 0 saturated heterocycles. The number of carbonyl (C=O) groups excluding carboxylic acids is 2. The molecule has 0 aliphatic rings. The van der Waals surface area contributed by atoms with Gasteiger partial charge >= 0.3 is 0 Å². The van der Waals surface area contributed by atoms with Crippen molar-refractivity contribution in [1.82, 2.24) is 19.8 Å². The Hall–Kier alpha value is -1.98. The van der Waals surface area contributed by atoms with Crippen molar-refractivity contribution in [2.24, 2.45) is 5.92 Å². The smallest absolute Gasteiger partial charge is 0.274 e. The Bertz CT molecular complexity index is 524. The molecular weight excluding hydrogens is 304 g/mol. The summed E-state index contributed by atoms with van der Waals surface area (Å²) >= 11 is 0. The first kappa shape index (κ1) is 20.1. The summed E-state index contributed by atoms with van der Waals surface area (Å²) in [6, 6.07) is 0. The molecule has 24 heavy (non-hydrogen) atoms. The lowest BCUT2D eigenvalue weighted by Gasteiger charge is -2.25. The van der Waals surface area contributed by atoms with E-state index in [9.17, 15) is 9.59 Å². The lowest BCUT2D eigenvalue weighted by Crippen LogP contribution is -2.38. The van der Waals surface area contributed by atoms with Crippen LogP contribution in [-0.4, -0.2) is 57.8 Å². The summed E-state index contributed by atoms with van der Waals surface area (Å²) in [5.74, 6) is 0.413. The average Bonchev–Trinajstić information content (AvgIpc) is 2.56. The summed E-state index contributed by atoms with van der Waals surface area (Å²) in [5, 5.41) is 0. The van der Waals surface area contributed by atoms with E-state index in [-0.39, 0.29) is 11.8 Å². The standard InChI is InChI=1S/C18H30N4O2/c1-6-21(7-2)17(23)9-11-22(10-8-14(3)4)18(24)16-13-19-15(5)12-20-16/h12-14H,6-11H2,1-5H3. The van der Waals surface area contributed by atoms with Crippen molar-refractivity contribution >= 4 is 11.8 Å². The molecule has 0 aliphatic carbocycles. The van der Waals surface area contributed by atoms with Crippen LogP contribution >= 0.6 is 0 Å². The van der Waals surface area contributed by atoms with Gasteiger partial charge in [0.05, 0.1) is 11.9 Å². The van der Waals surface area contributed by atoms with Crippen molar-refractivity contribution in [2.45, 2.75) is 47.5 Å². The summed E-state index contributed by atoms with van der Waals surface area (Å²) in [7, 11) is 0. The van der Waals surface area contributed by atoms with Gasteiger partial charge in [0.25, 0.3) is 5.91 Å². The van der Waals surface area contributed by atoms with Gasteiger partial charge in [-0.2, -0.15) is 0 Å². The molecule has 6 heteroatoms. The van der Waals surface area contributed by atoms with Crippen LogP contribution in [0.15, 0.2) is 12.4 Å². The summed E-state index contributed by atoms with van der Waals surface area (Å²) in [6.07, 6.45) is 4.33. The molecular formula is C18H30N4O2. The summed E-state index contributed by atoms with van der Waals surface area (Å²) in [6.45, 7) is 12.4. The SMILES string of the molecule is CCN(CC)C(=O)CCN(CCC(C)C)C(=O)c1cnc(C)cn1. The molecule has 1 aromatic heterocycles. The van der Waals surface area contributed by atoms with Gasteiger partial charge in [-0.15, -0.1) is 0 Å². The molecule has 0 aromatic carbocycles. The largest absolute Gasteiger partial charge is 0.343 e. The highest BCUT2D eigenvalue weighted by Gasteiger charge is 2.20. The van der Waals surface area contributed by atoms with Crippen LogP contribution in [0.1, 0.15) is 56.7 Å². The number of carbonyl (C=O) groups is 2. The van der Waals surface area contributed by atoms with Crippen molar-refractivity contribution in [3.05, 3.63) is 23.8 Å². The number of rotatable bonds is 9. The Kier molecular flexibility index (Phi) is 8.36. The third-order valence-electron chi connectivity index (χ3n) is 3.98. The van der Waals surface area contributed by atoms with Crippen LogP contribution in [0.5, 0.6) is 0 Å². The summed E-state index contributed by atoms with van der Waals surface area (Å²) in [4.78, 5) is 36.7. The van der Waals surface area contributed by atoms with Crippen LogP contribution in [0.3, 0.4) is 0 Å². The molecule has 6 nitrogen and oxygen atoms in total. The second kappa shape index (κ2) is 10.0. The molecule has 1 heterocycles. The lowest BCUT2D eigenvalue weighted by atomic mass is 10.1. The molecule has 2 amide bonds. The number of amides is 2. The van der Waals surface area contributed by atoms with E-state index in [1.807, 2.05) is 20.8 Å². The molecule has 1 rings (SSSR count). The topological polar surface area (TPSA) is 66.4 Å². The molecule has 0 fully saturated rings. The van der Waals surface area contributed by atoms with Gasteiger partial charge in [0.15, 0.2) is 0 Å². The summed E-state index contributed by atoms with van der Waals surface area (Å²) < 4.78 is 0. The Morgan fingerprint density at radius 2 is 1.71 bits per heavy atom. The van der Waals surface area contributed by atoms with E-state index in [4.69, 9.17) is 0 Å². The fourth-order valence-electron chi connectivity index (χ4n) is 2.36. The fourth-order valence-corrected chi connectivity index (χ4v) is 2.36. The first-order chi connectivity index (χ1) is 11.4. The predicted molar refractivity (Wildman–Crippen MR) is 94.7 cm³/mol. The summed E-state index contributed by atoms with van der Waals surface area (Å²) in [5.41, 5.74) is 1.11. The number of hydrogen-bond acceptors (Lipinski definition) is 4. The second-order valence-electron chi connectivity index (χ2n) is 6.33. The highest BCUT2D eigenvalue weighted by molar-refractivity contribution is 5.92. The molecule has 134 valence electrons. The van der Waals surface area contributed by atoms with Crippen LogP contribution in [0.4, 0.5) is 0 Å². The van der Waals surface area contributed by atoms with E-state index in [2.05, 4.69) is 23.8 Å². The first-order valence-electron chi connectivity index (χ1n) is 8.74. The zero-order chi connectivity index (χ0) is 18.1. The molecule has 0 unspecified atom stereocenters. The quantitative estimate of drug-likeness (QED) is 0.696. The van der Waals surface area contributed by atoms with Crippen LogP contribution < -0.4 is 0 Å². The number of nitrogens with zero attached hydrogens (tertiary/aromatic N) is 4. The van der Waals surface area contributed by atoms with Gasteiger partial charge in [-0.05, 0) is 33.1 Å². The zero-order valence-corrected chi connectivity index (χ0v) is 15.6. The minimum Gasteiger partial charge on any atom is -0.343 e. The Morgan fingerprint density at radius 1 is 1.04 bits per heavy atom. The second-order valence-corrected chi connectivity index (χ2v) is 6.33. The van der Waals surface area contributed by atoms with Gasteiger partial charge in [-0.1, -0.05) is 13.8 Å². The molecule has 1 aromatic rings. The first-order valence-corrected chi connectivity index (χ1v) is 8.74. The number of hydrogen-bond donors (Lipinski definition) is 0. The van der Waals surface area contributed by atoms with Crippen LogP contribution in [0.25, 0.3) is 0 Å². The van der Waals surface area contributed by atoms with Crippen molar-refractivity contribution in [1.29, 1.82) is 0 Å². The van der Waals surface area contributed by atoms with Crippen molar-refractivity contribution in [3.63, 3.8) is 0 Å². The van der Waals surface area contributed by atoms with Crippen LogP contribution in [-0.2, 0) is 4.79 Å². The maximum absolute atomic E-state index is 12.7. The molecule has 0 bridgehead atoms. The number of aromatic nitrogens is 2. The van der Waals surface area contributed by atoms with Gasteiger partial charge in [-0.25, -0.2) is 4.98 Å². The van der Waals surface area contributed by atoms with Gasteiger partial charge in [0, 0.05) is 38.8 Å². The Balaban J connectivity index is 2.77. The predicted octanol–water partition coefficient (Wildman–Crippen LogP) is 2.53. The van der Waals surface area contributed by atoms with Gasteiger partial charge in [0.2, 0.25) is 5.91 Å². The minimum absolute atomic E-state index is 0.0809. The third-order valence-corrected chi connectivity index (χ3v) is 3.98. The highest BCUT2D eigenvalue weighted by atomic mass is 16.2. The zero-order valence-electron chi connectivity index (χ0n) is 15.6. The average molecular weight is 334 g/mol. The monoisotopic (exact) mass is 334 g/mol. The lowest BCUT2D eigenvalue weighted by molar-refractivity contribution is -0.131. The maximum atomic E-state index is 12.7. The molecule has 0 aliphatic heterocycles.